The molecule has 0 amide bonds. The average Bonchev–Trinajstić information content (AvgIpc) is 2.70. The molecule has 4 nitrogen and oxygen atoms in total. The predicted molar refractivity (Wildman–Crippen MR) is 64.1 cm³/mol. The maximum atomic E-state index is 12.4. The minimum atomic E-state index is -0.722. The van der Waals surface area contributed by atoms with E-state index in [-0.39, 0.29) is 11.7 Å². The van der Waals surface area contributed by atoms with Crippen LogP contribution < -0.4 is 0 Å². The van der Waals surface area contributed by atoms with Crippen molar-refractivity contribution < 1.29 is 19.1 Å². The van der Waals surface area contributed by atoms with Crippen molar-refractivity contribution in [1.82, 2.24) is 0 Å². The lowest BCUT2D eigenvalue weighted by Gasteiger charge is -2.48. The lowest BCUT2D eigenvalue weighted by molar-refractivity contribution is -0.159. The molecule has 2 aliphatic carbocycles. The van der Waals surface area contributed by atoms with Crippen LogP contribution in [0.5, 0.6) is 0 Å². The topological polar surface area (TPSA) is 52.6 Å². The van der Waals surface area contributed by atoms with E-state index in [0.29, 0.717) is 6.42 Å². The second-order valence-electron chi connectivity index (χ2n) is 6.43. The second-order valence-corrected chi connectivity index (χ2v) is 6.43. The Hall–Kier alpha value is -1.06. The summed E-state index contributed by atoms with van der Waals surface area (Å²) in [4.78, 5) is 24.1. The van der Waals surface area contributed by atoms with Gasteiger partial charge >= 0.3 is 6.16 Å². The number of Topliss-reactive ketones (excluding diaryl/α,β-unsaturated/α-hetero) is 1. The van der Waals surface area contributed by atoms with Crippen molar-refractivity contribution in [3.05, 3.63) is 0 Å². The summed E-state index contributed by atoms with van der Waals surface area (Å²) in [7, 11) is 0. The first-order valence-corrected chi connectivity index (χ1v) is 6.83. The van der Waals surface area contributed by atoms with E-state index in [2.05, 4.69) is 13.8 Å². The molecule has 3 aliphatic rings. The Bertz CT molecular complexity index is 430. The molecule has 4 heteroatoms. The highest BCUT2D eigenvalue weighted by molar-refractivity contribution is 5.89. The van der Waals surface area contributed by atoms with Crippen LogP contribution in [0.3, 0.4) is 0 Å². The zero-order valence-corrected chi connectivity index (χ0v) is 11.2. The molecular formula is C14H20O4. The highest BCUT2D eigenvalue weighted by atomic mass is 16.8. The van der Waals surface area contributed by atoms with Crippen LogP contribution in [0.2, 0.25) is 0 Å². The summed E-state index contributed by atoms with van der Waals surface area (Å²) in [6.45, 7) is 6.06. The van der Waals surface area contributed by atoms with Crippen LogP contribution in [0.15, 0.2) is 0 Å². The molecule has 2 saturated carbocycles. The van der Waals surface area contributed by atoms with Crippen molar-refractivity contribution in [3.63, 3.8) is 0 Å². The van der Waals surface area contributed by atoms with Crippen LogP contribution in [0.1, 0.15) is 52.9 Å². The Kier molecular flexibility index (Phi) is 2.19. The third kappa shape index (κ3) is 1.04. The Balaban J connectivity index is 2.17. The van der Waals surface area contributed by atoms with Gasteiger partial charge in [0.15, 0.2) is 11.2 Å². The van der Waals surface area contributed by atoms with Crippen molar-refractivity contribution in [1.29, 1.82) is 0 Å². The summed E-state index contributed by atoms with van der Waals surface area (Å²) >= 11 is 0. The Morgan fingerprint density at radius 1 is 1.11 bits per heavy atom. The average molecular weight is 252 g/mol. The van der Waals surface area contributed by atoms with Crippen LogP contribution in [0.25, 0.3) is 0 Å². The Morgan fingerprint density at radius 2 is 1.83 bits per heavy atom. The quantitative estimate of drug-likeness (QED) is 0.673. The minimum absolute atomic E-state index is 0.164. The van der Waals surface area contributed by atoms with Crippen LogP contribution in [0.4, 0.5) is 4.79 Å². The van der Waals surface area contributed by atoms with Gasteiger partial charge in [-0.25, -0.2) is 4.79 Å². The molecule has 3 fully saturated rings. The number of hydrogen-bond donors (Lipinski definition) is 0. The lowest BCUT2D eigenvalue weighted by Crippen LogP contribution is -2.61. The molecule has 3 atom stereocenters. The molecule has 1 heterocycles. The number of hydrogen-bond acceptors (Lipinski definition) is 4. The van der Waals surface area contributed by atoms with Gasteiger partial charge in [0.25, 0.3) is 0 Å². The Labute approximate surface area is 107 Å². The van der Waals surface area contributed by atoms with Gasteiger partial charge in [-0.15, -0.1) is 0 Å². The first kappa shape index (κ1) is 12.0. The Morgan fingerprint density at radius 3 is 2.50 bits per heavy atom. The normalized spacial score (nSPS) is 46.7. The van der Waals surface area contributed by atoms with Gasteiger partial charge in [0.05, 0.1) is 5.41 Å². The van der Waals surface area contributed by atoms with Gasteiger partial charge in [-0.3, -0.25) is 4.79 Å². The molecule has 0 bridgehead atoms. The monoisotopic (exact) mass is 252 g/mol. The van der Waals surface area contributed by atoms with Crippen molar-refractivity contribution in [2.24, 2.45) is 11.3 Å². The maximum Gasteiger partial charge on any atom is 0.509 e. The highest BCUT2D eigenvalue weighted by Gasteiger charge is 2.77. The number of carbonyl (C=O) groups excluding carboxylic acids is 2. The summed E-state index contributed by atoms with van der Waals surface area (Å²) in [6.07, 6.45) is 3.04. The molecule has 18 heavy (non-hydrogen) atoms. The van der Waals surface area contributed by atoms with Crippen molar-refractivity contribution in [2.45, 2.75) is 64.1 Å². The summed E-state index contributed by atoms with van der Waals surface area (Å²) in [6, 6.07) is 0. The molecule has 0 aromatic carbocycles. The molecule has 1 saturated heterocycles. The largest absolute Gasteiger partial charge is 0.509 e. The highest BCUT2D eigenvalue weighted by Crippen LogP contribution is 2.65. The van der Waals surface area contributed by atoms with Crippen molar-refractivity contribution in [3.8, 4) is 0 Å². The van der Waals surface area contributed by atoms with Gasteiger partial charge in [0.1, 0.15) is 5.78 Å². The molecule has 100 valence electrons. The van der Waals surface area contributed by atoms with Gasteiger partial charge in [-0.2, -0.15) is 0 Å². The third-order valence-electron chi connectivity index (χ3n) is 5.58. The summed E-state index contributed by atoms with van der Waals surface area (Å²) in [5, 5.41) is 0. The molecule has 0 radical (unpaired) electrons. The van der Waals surface area contributed by atoms with Gasteiger partial charge in [0, 0.05) is 6.42 Å². The van der Waals surface area contributed by atoms with Gasteiger partial charge in [-0.05, 0) is 38.5 Å². The van der Waals surface area contributed by atoms with E-state index in [1.54, 1.807) is 0 Å². The van der Waals surface area contributed by atoms with Crippen LogP contribution in [0, 0.1) is 11.3 Å². The van der Waals surface area contributed by atoms with Gasteiger partial charge in [-0.1, -0.05) is 13.8 Å². The second kappa shape index (κ2) is 3.28. The predicted octanol–water partition coefficient (Wildman–Crippen LogP) is 2.84. The minimum Gasteiger partial charge on any atom is -0.423 e. The number of carbonyl (C=O) groups is 2. The fraction of sp³-hybridized carbons (Fsp3) is 0.857. The van der Waals surface area contributed by atoms with E-state index in [1.807, 2.05) is 6.92 Å². The zero-order valence-electron chi connectivity index (χ0n) is 11.2. The molecule has 3 rings (SSSR count). The lowest BCUT2D eigenvalue weighted by atomic mass is 9.60. The molecule has 0 unspecified atom stereocenters. The van der Waals surface area contributed by atoms with E-state index in [0.717, 1.165) is 25.7 Å². The molecule has 0 aromatic heterocycles. The molecule has 1 spiro atoms. The van der Waals surface area contributed by atoms with E-state index in [1.165, 1.54) is 0 Å². The smallest absolute Gasteiger partial charge is 0.423 e. The third-order valence-corrected chi connectivity index (χ3v) is 5.58. The van der Waals surface area contributed by atoms with E-state index < -0.39 is 22.8 Å². The van der Waals surface area contributed by atoms with E-state index in [9.17, 15) is 9.59 Å². The standard InChI is InChI=1S/C14H20O4/c1-9(2)13-8-7-12(3)10(15)5-4-6-14(12,13)18-11(16)17-13/h9H,4-8H2,1-3H3/t12-,13-,14-/m1/s1. The molecule has 1 aliphatic heterocycles. The van der Waals surface area contributed by atoms with Crippen LogP contribution in [-0.2, 0) is 14.3 Å². The van der Waals surface area contributed by atoms with Gasteiger partial charge < -0.3 is 9.47 Å². The SMILES string of the molecule is CC(C)[C@]12CC[C@]3(C)C(=O)CCC[C@@]31OC(=O)O2. The van der Waals surface area contributed by atoms with E-state index >= 15 is 0 Å². The first-order valence-electron chi connectivity index (χ1n) is 6.83. The number of rotatable bonds is 1. The van der Waals surface area contributed by atoms with Gasteiger partial charge in [0.2, 0.25) is 0 Å². The van der Waals surface area contributed by atoms with Crippen molar-refractivity contribution in [2.75, 3.05) is 0 Å². The number of ether oxygens (including phenoxy) is 2. The molecular weight excluding hydrogens is 232 g/mol. The summed E-state index contributed by atoms with van der Waals surface area (Å²) < 4.78 is 11.2. The summed E-state index contributed by atoms with van der Waals surface area (Å²) in [5.41, 5.74) is -1.88. The fourth-order valence-electron chi connectivity index (χ4n) is 4.50. The number of ketones is 1. The fourth-order valence-corrected chi connectivity index (χ4v) is 4.50. The van der Waals surface area contributed by atoms with Crippen molar-refractivity contribution >= 4 is 11.9 Å². The van der Waals surface area contributed by atoms with E-state index in [4.69, 9.17) is 9.47 Å². The molecule has 0 aromatic rings. The zero-order chi connectivity index (χ0) is 13.2. The first-order chi connectivity index (χ1) is 8.38. The maximum absolute atomic E-state index is 12.4. The summed E-state index contributed by atoms with van der Waals surface area (Å²) in [5.74, 6) is 0.395. The molecule has 0 N–H and O–H groups in total. The van der Waals surface area contributed by atoms with Crippen LogP contribution in [-0.4, -0.2) is 23.1 Å². The van der Waals surface area contributed by atoms with Crippen LogP contribution >= 0.6 is 0 Å².